The Bertz CT molecular complexity index is 1160. The molecule has 0 radical (unpaired) electrons. The van der Waals surface area contributed by atoms with Crippen LogP contribution in [0.15, 0.2) is 59.1 Å². The number of carbonyl (C=O) groups is 1. The number of hydrogen-bond acceptors (Lipinski definition) is 6. The molecule has 0 saturated carbocycles. The molecule has 4 aromatic rings. The molecule has 1 aromatic carbocycles. The summed E-state index contributed by atoms with van der Waals surface area (Å²) in [5.74, 6) is 2.60. The van der Waals surface area contributed by atoms with E-state index in [1.807, 2.05) is 59.6 Å². The number of amides is 1. The van der Waals surface area contributed by atoms with Crippen LogP contribution in [0, 0.1) is 0 Å². The van der Waals surface area contributed by atoms with E-state index in [0.717, 1.165) is 43.0 Å². The van der Waals surface area contributed by atoms with Crippen LogP contribution in [0.5, 0.6) is 0 Å². The van der Waals surface area contributed by atoms with Crippen LogP contribution in [0.1, 0.15) is 43.3 Å². The number of benzene rings is 1. The number of rotatable bonds is 6. The zero-order valence-electron chi connectivity index (χ0n) is 17.2. The smallest absolute Gasteiger partial charge is 0.247 e. The van der Waals surface area contributed by atoms with E-state index in [9.17, 15) is 4.79 Å². The summed E-state index contributed by atoms with van der Waals surface area (Å²) in [6.07, 6.45) is 5.61. The highest BCUT2D eigenvalue weighted by Gasteiger charge is 2.26. The van der Waals surface area contributed by atoms with Gasteiger partial charge in [-0.25, -0.2) is 0 Å². The van der Waals surface area contributed by atoms with Gasteiger partial charge in [-0.3, -0.25) is 9.20 Å². The largest absolute Gasteiger partial charge is 0.421 e. The summed E-state index contributed by atoms with van der Waals surface area (Å²) >= 11 is 0. The number of fused-ring (bicyclic) bond motifs is 1. The monoisotopic (exact) mass is 416 g/mol. The fraction of sp³-hybridized carbons (Fsp3) is 0.348. The number of aromatic nitrogens is 5. The molecule has 158 valence electrons. The molecular formula is C23H24N6O2. The maximum absolute atomic E-state index is 12.6. The number of pyridine rings is 1. The first-order chi connectivity index (χ1) is 15.3. The van der Waals surface area contributed by atoms with Crippen molar-refractivity contribution in [2.45, 2.75) is 38.0 Å². The normalized spacial score (nSPS) is 14.9. The maximum Gasteiger partial charge on any atom is 0.247 e. The zero-order chi connectivity index (χ0) is 21.0. The summed E-state index contributed by atoms with van der Waals surface area (Å²) in [5.41, 5.74) is 1.77. The number of carbonyl (C=O) groups excluding carboxylic acids is 1. The lowest BCUT2D eigenvalue weighted by Crippen LogP contribution is -2.38. The molecule has 5 rings (SSSR count). The third-order valence-electron chi connectivity index (χ3n) is 5.82. The van der Waals surface area contributed by atoms with Gasteiger partial charge in [0.05, 0.1) is 0 Å². The second-order valence-corrected chi connectivity index (χ2v) is 7.86. The third kappa shape index (κ3) is 4.19. The van der Waals surface area contributed by atoms with E-state index in [1.165, 1.54) is 0 Å². The molecule has 1 aliphatic heterocycles. The van der Waals surface area contributed by atoms with Crippen molar-refractivity contribution in [3.8, 4) is 11.5 Å². The fourth-order valence-corrected chi connectivity index (χ4v) is 4.13. The molecule has 0 spiro atoms. The second kappa shape index (κ2) is 8.67. The van der Waals surface area contributed by atoms with Gasteiger partial charge >= 0.3 is 0 Å². The standard InChI is InChI=1S/C23H24N6O2/c30-21(11-6-10-20-25-27-23(31-20)18-7-2-1-3-8-18)28-15-12-17(13-16-28)22-26-24-19-9-4-5-14-29(19)22/h1-5,7-9,14,17H,6,10-13,15-16H2. The zero-order valence-corrected chi connectivity index (χ0v) is 17.2. The predicted octanol–water partition coefficient (Wildman–Crippen LogP) is 3.51. The highest BCUT2D eigenvalue weighted by Crippen LogP contribution is 2.27. The predicted molar refractivity (Wildman–Crippen MR) is 114 cm³/mol. The van der Waals surface area contributed by atoms with Gasteiger partial charge in [0.1, 0.15) is 5.82 Å². The Hall–Kier alpha value is -3.55. The third-order valence-corrected chi connectivity index (χ3v) is 5.82. The maximum atomic E-state index is 12.6. The van der Waals surface area contributed by atoms with Crippen molar-refractivity contribution < 1.29 is 9.21 Å². The molecule has 4 heterocycles. The Morgan fingerprint density at radius 2 is 1.77 bits per heavy atom. The molecule has 1 amide bonds. The van der Waals surface area contributed by atoms with Crippen molar-refractivity contribution in [2.75, 3.05) is 13.1 Å². The van der Waals surface area contributed by atoms with Crippen molar-refractivity contribution in [3.05, 3.63) is 66.4 Å². The summed E-state index contributed by atoms with van der Waals surface area (Å²) in [6, 6.07) is 15.6. The van der Waals surface area contributed by atoms with E-state index in [0.29, 0.717) is 37.0 Å². The van der Waals surface area contributed by atoms with E-state index >= 15 is 0 Å². The first-order valence-electron chi connectivity index (χ1n) is 10.7. The molecule has 0 bridgehead atoms. The van der Waals surface area contributed by atoms with Crippen LogP contribution >= 0.6 is 0 Å². The van der Waals surface area contributed by atoms with Gasteiger partial charge in [0.15, 0.2) is 5.65 Å². The molecule has 0 N–H and O–H groups in total. The second-order valence-electron chi connectivity index (χ2n) is 7.86. The summed E-state index contributed by atoms with van der Waals surface area (Å²) in [4.78, 5) is 14.6. The van der Waals surface area contributed by atoms with Gasteiger partial charge in [-0.2, -0.15) is 0 Å². The van der Waals surface area contributed by atoms with Crippen LogP contribution in [0.3, 0.4) is 0 Å². The van der Waals surface area contributed by atoms with Gasteiger partial charge in [0.25, 0.3) is 0 Å². The molecule has 0 aliphatic carbocycles. The van der Waals surface area contributed by atoms with Crippen LogP contribution < -0.4 is 0 Å². The van der Waals surface area contributed by atoms with Crippen LogP contribution in [0.25, 0.3) is 17.1 Å². The molecule has 1 aliphatic rings. The minimum absolute atomic E-state index is 0.187. The van der Waals surface area contributed by atoms with Crippen LogP contribution in [0.2, 0.25) is 0 Å². The Kier molecular flexibility index (Phi) is 5.43. The Labute approximate surface area is 179 Å². The summed E-state index contributed by atoms with van der Waals surface area (Å²) < 4.78 is 7.78. The minimum Gasteiger partial charge on any atom is -0.421 e. The number of aryl methyl sites for hydroxylation is 1. The molecule has 3 aromatic heterocycles. The van der Waals surface area contributed by atoms with Gasteiger partial charge in [0.2, 0.25) is 17.7 Å². The van der Waals surface area contributed by atoms with Gasteiger partial charge in [-0.15, -0.1) is 20.4 Å². The molecule has 1 saturated heterocycles. The topological polar surface area (TPSA) is 89.4 Å². The molecule has 0 atom stereocenters. The van der Waals surface area contributed by atoms with Crippen LogP contribution in [-0.4, -0.2) is 48.7 Å². The Balaban J connectivity index is 1.10. The van der Waals surface area contributed by atoms with Gasteiger partial charge in [0, 0.05) is 43.6 Å². The number of nitrogens with zero attached hydrogens (tertiary/aromatic N) is 6. The number of hydrogen-bond donors (Lipinski definition) is 0. The van der Waals surface area contributed by atoms with E-state index in [-0.39, 0.29) is 5.91 Å². The van der Waals surface area contributed by atoms with Gasteiger partial charge in [-0.1, -0.05) is 24.3 Å². The lowest BCUT2D eigenvalue weighted by Gasteiger charge is -2.31. The number of piperidine rings is 1. The van der Waals surface area contributed by atoms with Crippen molar-refractivity contribution >= 4 is 11.6 Å². The SMILES string of the molecule is O=C(CCCc1nnc(-c2ccccc2)o1)N1CCC(c2nnc3ccccn23)CC1. The van der Waals surface area contributed by atoms with Gasteiger partial charge < -0.3 is 9.32 Å². The lowest BCUT2D eigenvalue weighted by atomic mass is 9.95. The average Bonchev–Trinajstić information content (AvgIpc) is 3.47. The lowest BCUT2D eigenvalue weighted by molar-refractivity contribution is -0.132. The van der Waals surface area contributed by atoms with E-state index in [2.05, 4.69) is 24.8 Å². The van der Waals surface area contributed by atoms with E-state index in [1.54, 1.807) is 0 Å². The fourth-order valence-electron chi connectivity index (χ4n) is 4.13. The molecule has 31 heavy (non-hydrogen) atoms. The average molecular weight is 416 g/mol. The van der Waals surface area contributed by atoms with Gasteiger partial charge in [-0.05, 0) is 43.5 Å². The molecule has 8 heteroatoms. The van der Waals surface area contributed by atoms with Crippen molar-refractivity contribution in [1.29, 1.82) is 0 Å². The summed E-state index contributed by atoms with van der Waals surface area (Å²) in [6.45, 7) is 1.51. The van der Waals surface area contributed by atoms with Crippen molar-refractivity contribution in [3.63, 3.8) is 0 Å². The van der Waals surface area contributed by atoms with E-state index < -0.39 is 0 Å². The molecule has 0 unspecified atom stereocenters. The first-order valence-corrected chi connectivity index (χ1v) is 10.7. The molecule has 1 fully saturated rings. The van der Waals surface area contributed by atoms with Crippen LogP contribution in [-0.2, 0) is 11.2 Å². The molecule has 8 nitrogen and oxygen atoms in total. The van der Waals surface area contributed by atoms with Crippen molar-refractivity contribution in [2.24, 2.45) is 0 Å². The first kappa shape index (κ1) is 19.4. The molecular weight excluding hydrogens is 392 g/mol. The minimum atomic E-state index is 0.187. The highest BCUT2D eigenvalue weighted by molar-refractivity contribution is 5.76. The quantitative estimate of drug-likeness (QED) is 0.478. The van der Waals surface area contributed by atoms with Crippen LogP contribution in [0.4, 0.5) is 0 Å². The summed E-state index contributed by atoms with van der Waals surface area (Å²) in [5, 5.41) is 16.8. The van der Waals surface area contributed by atoms with Crippen molar-refractivity contribution in [1.82, 2.24) is 29.7 Å². The van der Waals surface area contributed by atoms with E-state index in [4.69, 9.17) is 4.42 Å². The Morgan fingerprint density at radius 3 is 2.61 bits per heavy atom. The highest BCUT2D eigenvalue weighted by atomic mass is 16.4. The number of likely N-dealkylation sites (tertiary alicyclic amines) is 1. The summed E-state index contributed by atoms with van der Waals surface area (Å²) in [7, 11) is 0. The Morgan fingerprint density at radius 1 is 0.968 bits per heavy atom.